The zero-order valence-corrected chi connectivity index (χ0v) is 13.6. The molecule has 0 aliphatic carbocycles. The van der Waals surface area contributed by atoms with Crippen molar-refractivity contribution >= 4 is 22.5 Å². The van der Waals surface area contributed by atoms with E-state index < -0.39 is 0 Å². The van der Waals surface area contributed by atoms with Gasteiger partial charge in [-0.05, 0) is 38.1 Å². The smallest absolute Gasteiger partial charge is 0.278 e. The fourth-order valence-corrected chi connectivity index (χ4v) is 2.65. The van der Waals surface area contributed by atoms with Crippen molar-refractivity contribution in [1.82, 2.24) is 15.0 Å². The van der Waals surface area contributed by atoms with E-state index in [0.717, 1.165) is 10.4 Å². The third-order valence-electron chi connectivity index (χ3n) is 3.73. The van der Waals surface area contributed by atoms with E-state index in [1.54, 1.807) is 29.2 Å². The van der Waals surface area contributed by atoms with Crippen LogP contribution in [-0.4, -0.2) is 26.9 Å². The first kappa shape index (κ1) is 15.9. The Labute approximate surface area is 139 Å². The van der Waals surface area contributed by atoms with Gasteiger partial charge in [0, 0.05) is 11.7 Å². The van der Waals surface area contributed by atoms with E-state index in [9.17, 15) is 9.59 Å². The predicted molar refractivity (Wildman–Crippen MR) is 92.9 cm³/mol. The molecule has 2 aromatic carbocycles. The van der Waals surface area contributed by atoms with Gasteiger partial charge in [-0.25, -0.2) is 4.68 Å². The van der Waals surface area contributed by atoms with Gasteiger partial charge in [0.05, 0.1) is 5.39 Å². The molecule has 0 saturated carbocycles. The summed E-state index contributed by atoms with van der Waals surface area (Å²) in [4.78, 5) is 26.9. The first-order valence-corrected chi connectivity index (χ1v) is 7.77. The molecule has 1 amide bonds. The summed E-state index contributed by atoms with van der Waals surface area (Å²) in [7, 11) is 0. The third kappa shape index (κ3) is 3.03. The Morgan fingerprint density at radius 2 is 1.75 bits per heavy atom. The number of nitrogens with zero attached hydrogens (tertiary/aromatic N) is 4. The molecule has 24 heavy (non-hydrogen) atoms. The monoisotopic (exact) mass is 322 g/mol. The van der Waals surface area contributed by atoms with Gasteiger partial charge in [0.2, 0.25) is 5.91 Å². The predicted octanol–water partition coefficient (Wildman–Crippen LogP) is 2.23. The third-order valence-corrected chi connectivity index (χ3v) is 3.73. The van der Waals surface area contributed by atoms with Crippen LogP contribution in [0.15, 0.2) is 59.4 Å². The van der Waals surface area contributed by atoms with Gasteiger partial charge in [0.25, 0.3) is 5.56 Å². The van der Waals surface area contributed by atoms with E-state index in [4.69, 9.17) is 0 Å². The molecule has 0 N–H and O–H groups in total. The van der Waals surface area contributed by atoms with Gasteiger partial charge in [-0.3, -0.25) is 9.59 Å². The fraction of sp³-hybridized carbons (Fsp3) is 0.222. The van der Waals surface area contributed by atoms with E-state index >= 15 is 0 Å². The van der Waals surface area contributed by atoms with Crippen LogP contribution in [0.1, 0.15) is 13.8 Å². The molecule has 1 aromatic heterocycles. The second-order valence-electron chi connectivity index (χ2n) is 5.76. The van der Waals surface area contributed by atoms with Crippen molar-refractivity contribution in [3.05, 3.63) is 65.0 Å². The molecule has 0 unspecified atom stereocenters. The zero-order chi connectivity index (χ0) is 17.1. The molecular formula is C18H18N4O2. The van der Waals surface area contributed by atoms with Crippen LogP contribution in [0.3, 0.4) is 0 Å². The van der Waals surface area contributed by atoms with Crippen molar-refractivity contribution in [1.29, 1.82) is 0 Å². The van der Waals surface area contributed by atoms with Crippen LogP contribution in [0.25, 0.3) is 10.9 Å². The Morgan fingerprint density at radius 1 is 1.08 bits per heavy atom. The van der Waals surface area contributed by atoms with E-state index in [-0.39, 0.29) is 24.1 Å². The van der Waals surface area contributed by atoms with Gasteiger partial charge < -0.3 is 4.90 Å². The minimum atomic E-state index is -0.314. The lowest BCUT2D eigenvalue weighted by molar-refractivity contribution is -0.119. The fourth-order valence-electron chi connectivity index (χ4n) is 2.65. The average Bonchev–Trinajstić information content (AvgIpc) is 2.58. The summed E-state index contributed by atoms with van der Waals surface area (Å²) in [5.74, 6) is -0.206. The highest BCUT2D eigenvalue weighted by molar-refractivity contribution is 5.93. The molecule has 0 fully saturated rings. The Balaban J connectivity index is 1.94. The van der Waals surface area contributed by atoms with Crippen LogP contribution in [0.4, 0.5) is 5.69 Å². The summed E-state index contributed by atoms with van der Waals surface area (Å²) >= 11 is 0. The minimum absolute atomic E-state index is 0.0379. The van der Waals surface area contributed by atoms with Crippen molar-refractivity contribution in [3.8, 4) is 0 Å². The Hall–Kier alpha value is -3.02. The van der Waals surface area contributed by atoms with Crippen LogP contribution in [0.2, 0.25) is 0 Å². The number of hydrogen-bond acceptors (Lipinski definition) is 4. The number of para-hydroxylation sites is 1. The van der Waals surface area contributed by atoms with Gasteiger partial charge >= 0.3 is 0 Å². The first-order chi connectivity index (χ1) is 11.6. The largest absolute Gasteiger partial charge is 0.308 e. The van der Waals surface area contributed by atoms with Crippen molar-refractivity contribution in [2.75, 3.05) is 4.90 Å². The number of benzene rings is 2. The van der Waals surface area contributed by atoms with Gasteiger partial charge in [-0.1, -0.05) is 35.5 Å². The van der Waals surface area contributed by atoms with Gasteiger partial charge in [-0.15, -0.1) is 5.10 Å². The molecule has 0 bridgehead atoms. The van der Waals surface area contributed by atoms with Gasteiger partial charge in [-0.2, -0.15) is 0 Å². The van der Waals surface area contributed by atoms with Crippen molar-refractivity contribution in [2.24, 2.45) is 0 Å². The maximum absolute atomic E-state index is 12.7. The summed E-state index contributed by atoms with van der Waals surface area (Å²) in [6.45, 7) is 3.71. The average molecular weight is 322 g/mol. The number of carbonyl (C=O) groups is 1. The van der Waals surface area contributed by atoms with E-state index in [1.165, 1.54) is 0 Å². The summed E-state index contributed by atoms with van der Waals surface area (Å²) < 4.78 is 1.11. The van der Waals surface area contributed by atoms with E-state index in [1.807, 2.05) is 44.2 Å². The van der Waals surface area contributed by atoms with Crippen molar-refractivity contribution in [3.63, 3.8) is 0 Å². The maximum atomic E-state index is 12.7. The lowest BCUT2D eigenvalue weighted by Gasteiger charge is -2.26. The van der Waals surface area contributed by atoms with Crippen LogP contribution < -0.4 is 10.5 Å². The summed E-state index contributed by atoms with van der Waals surface area (Å²) in [5.41, 5.74) is 1.000. The molecule has 6 nitrogen and oxygen atoms in total. The quantitative estimate of drug-likeness (QED) is 0.739. The number of anilines is 1. The molecule has 0 aliphatic rings. The Morgan fingerprint density at radius 3 is 2.46 bits per heavy atom. The van der Waals surface area contributed by atoms with Crippen LogP contribution in [0, 0.1) is 0 Å². The van der Waals surface area contributed by atoms with E-state index in [2.05, 4.69) is 10.3 Å². The second-order valence-corrected chi connectivity index (χ2v) is 5.76. The number of aromatic nitrogens is 3. The molecule has 3 aromatic rings. The molecule has 1 heterocycles. The summed E-state index contributed by atoms with van der Waals surface area (Å²) in [5, 5.41) is 8.36. The first-order valence-electron chi connectivity index (χ1n) is 7.77. The molecule has 0 saturated heterocycles. The van der Waals surface area contributed by atoms with Gasteiger partial charge in [0.1, 0.15) is 12.1 Å². The zero-order valence-electron chi connectivity index (χ0n) is 13.6. The highest BCUT2D eigenvalue weighted by atomic mass is 16.2. The summed E-state index contributed by atoms with van der Waals surface area (Å²) in [6, 6.07) is 16.3. The lowest BCUT2D eigenvalue weighted by Crippen LogP contribution is -2.41. The molecule has 0 radical (unpaired) electrons. The highest BCUT2D eigenvalue weighted by Crippen LogP contribution is 2.17. The Bertz CT molecular complexity index is 919. The van der Waals surface area contributed by atoms with Crippen molar-refractivity contribution < 1.29 is 4.79 Å². The standard InChI is InChI=1S/C18H18N4O2/c1-13(2)22(14-8-4-3-5-9-14)17(23)12-21-18(24)15-10-6-7-11-16(15)19-20-21/h3-11,13H,12H2,1-2H3. The number of hydrogen-bond donors (Lipinski definition) is 0. The maximum Gasteiger partial charge on any atom is 0.278 e. The summed E-state index contributed by atoms with van der Waals surface area (Å²) in [6.07, 6.45) is 0. The number of rotatable bonds is 4. The number of carbonyl (C=O) groups excluding carboxylic acids is 1. The highest BCUT2D eigenvalue weighted by Gasteiger charge is 2.20. The molecule has 3 rings (SSSR count). The molecule has 0 aliphatic heterocycles. The topological polar surface area (TPSA) is 68.1 Å². The molecule has 0 atom stereocenters. The van der Waals surface area contributed by atoms with Crippen molar-refractivity contribution in [2.45, 2.75) is 26.4 Å². The normalized spacial score (nSPS) is 11.0. The SMILES string of the molecule is CC(C)N(C(=O)Cn1nnc2ccccc2c1=O)c1ccccc1. The second kappa shape index (κ2) is 6.62. The molecule has 0 spiro atoms. The Kier molecular flexibility index (Phi) is 4.37. The molecular weight excluding hydrogens is 304 g/mol. The van der Waals surface area contributed by atoms with Crippen LogP contribution >= 0.6 is 0 Å². The minimum Gasteiger partial charge on any atom is -0.308 e. The van der Waals surface area contributed by atoms with E-state index in [0.29, 0.717) is 10.9 Å². The molecule has 122 valence electrons. The number of fused-ring (bicyclic) bond motifs is 1. The van der Waals surface area contributed by atoms with Gasteiger partial charge in [0.15, 0.2) is 0 Å². The lowest BCUT2D eigenvalue weighted by atomic mass is 10.2. The molecule has 6 heteroatoms. The number of amides is 1. The van der Waals surface area contributed by atoms with Crippen LogP contribution in [0.5, 0.6) is 0 Å². The van der Waals surface area contributed by atoms with Crippen LogP contribution in [-0.2, 0) is 11.3 Å².